The minimum absolute atomic E-state index is 0. The van der Waals surface area contributed by atoms with Gasteiger partial charge in [-0.3, -0.25) is 0 Å². The molecule has 0 spiro atoms. The maximum Gasteiger partial charge on any atom is 0.191 e. The summed E-state index contributed by atoms with van der Waals surface area (Å²) in [5, 5.41) is 21.2. The van der Waals surface area contributed by atoms with Gasteiger partial charge in [0, 0.05) is 26.1 Å². The molecular weight excluding hydrogens is 322 g/mol. The Labute approximate surface area is 140 Å². The Morgan fingerprint density at radius 1 is 1.36 bits per heavy atom. The van der Waals surface area contributed by atoms with Gasteiger partial charge in [0.2, 0.25) is 0 Å². The minimum Gasteiger partial charge on any atom is -0.317 e. The van der Waals surface area contributed by atoms with Gasteiger partial charge in [-0.05, 0) is 26.3 Å². The molecule has 0 bridgehead atoms. The molecule has 7 nitrogen and oxygen atoms in total. The molecule has 1 saturated heterocycles. The highest BCUT2D eigenvalue weighted by Gasteiger charge is 2.21. The van der Waals surface area contributed by atoms with Gasteiger partial charge < -0.3 is 14.5 Å². The van der Waals surface area contributed by atoms with Crippen molar-refractivity contribution in [1.29, 1.82) is 0 Å². The van der Waals surface area contributed by atoms with Crippen LogP contribution in [-0.2, 0) is 19.3 Å². The van der Waals surface area contributed by atoms with Crippen LogP contribution in [-0.4, -0.2) is 42.6 Å². The molecule has 1 unspecified atom stereocenters. The first-order chi connectivity index (χ1) is 10.3. The van der Waals surface area contributed by atoms with Crippen molar-refractivity contribution in [3.05, 3.63) is 18.0 Å². The number of aryl methyl sites for hydroxylation is 1. The van der Waals surface area contributed by atoms with Gasteiger partial charge in [0.15, 0.2) is 5.16 Å². The smallest absolute Gasteiger partial charge is 0.191 e. The standard InChI is InChI=1S/C13H21N7S.ClH/c1-3-20-9-15-16-11(20)8-21-13-18-17-12(19(13)2)10-5-4-6-14-7-10;/h9-10,14H,3-8H2,1-2H3;1H. The lowest BCUT2D eigenvalue weighted by atomic mass is 9.99. The molecule has 1 aliphatic rings. The van der Waals surface area contributed by atoms with Gasteiger partial charge in [-0.1, -0.05) is 11.8 Å². The molecule has 1 fully saturated rings. The fraction of sp³-hybridized carbons (Fsp3) is 0.692. The highest BCUT2D eigenvalue weighted by molar-refractivity contribution is 7.98. The van der Waals surface area contributed by atoms with Crippen molar-refractivity contribution < 1.29 is 0 Å². The molecule has 3 rings (SSSR count). The normalized spacial score (nSPS) is 18.2. The first-order valence-corrected chi connectivity index (χ1v) is 8.37. The first kappa shape index (κ1) is 17.2. The monoisotopic (exact) mass is 343 g/mol. The summed E-state index contributed by atoms with van der Waals surface area (Å²) < 4.78 is 4.17. The lowest BCUT2D eigenvalue weighted by Gasteiger charge is -2.21. The summed E-state index contributed by atoms with van der Waals surface area (Å²) in [6.07, 6.45) is 4.17. The van der Waals surface area contributed by atoms with Gasteiger partial charge in [0.25, 0.3) is 0 Å². The quantitative estimate of drug-likeness (QED) is 0.831. The van der Waals surface area contributed by atoms with Gasteiger partial charge >= 0.3 is 0 Å². The summed E-state index contributed by atoms with van der Waals surface area (Å²) >= 11 is 1.66. The van der Waals surface area contributed by atoms with Crippen LogP contribution in [0.5, 0.6) is 0 Å². The lowest BCUT2D eigenvalue weighted by Crippen LogP contribution is -2.29. The number of thioether (sulfide) groups is 1. The highest BCUT2D eigenvalue weighted by atomic mass is 35.5. The SMILES string of the molecule is CCn1cnnc1CSc1nnc(C2CCCNC2)n1C.Cl. The third-order valence-corrected chi connectivity index (χ3v) is 4.91. The highest BCUT2D eigenvalue weighted by Crippen LogP contribution is 2.26. The molecule has 1 aliphatic heterocycles. The Kier molecular flexibility index (Phi) is 6.22. The van der Waals surface area contributed by atoms with Crippen molar-refractivity contribution in [3.63, 3.8) is 0 Å². The number of aromatic nitrogens is 6. The number of nitrogens with zero attached hydrogens (tertiary/aromatic N) is 6. The van der Waals surface area contributed by atoms with Crippen molar-refractivity contribution in [3.8, 4) is 0 Å². The number of nitrogens with one attached hydrogen (secondary N) is 1. The number of rotatable bonds is 5. The molecule has 0 radical (unpaired) electrons. The zero-order valence-electron chi connectivity index (χ0n) is 12.9. The maximum atomic E-state index is 4.39. The molecule has 22 heavy (non-hydrogen) atoms. The van der Waals surface area contributed by atoms with Gasteiger partial charge in [-0.2, -0.15) is 0 Å². The molecule has 0 aromatic carbocycles. The number of halogens is 1. The predicted octanol–water partition coefficient (Wildman–Crippen LogP) is 1.61. The Morgan fingerprint density at radius 2 is 2.23 bits per heavy atom. The molecule has 3 heterocycles. The second kappa shape index (κ2) is 7.94. The van der Waals surface area contributed by atoms with Crippen LogP contribution in [0.1, 0.15) is 37.3 Å². The predicted molar refractivity (Wildman–Crippen MR) is 88.4 cm³/mol. The summed E-state index contributed by atoms with van der Waals surface area (Å²) in [6.45, 7) is 5.10. The Bertz CT molecular complexity index is 591. The van der Waals surface area contributed by atoms with Crippen molar-refractivity contribution in [2.75, 3.05) is 13.1 Å². The van der Waals surface area contributed by atoms with E-state index in [9.17, 15) is 0 Å². The van der Waals surface area contributed by atoms with Crippen LogP contribution in [0, 0.1) is 0 Å². The van der Waals surface area contributed by atoms with E-state index in [4.69, 9.17) is 0 Å². The van der Waals surface area contributed by atoms with Crippen LogP contribution in [0.3, 0.4) is 0 Å². The zero-order chi connectivity index (χ0) is 14.7. The van der Waals surface area contributed by atoms with Crippen LogP contribution >= 0.6 is 24.2 Å². The second-order valence-electron chi connectivity index (χ2n) is 5.26. The van der Waals surface area contributed by atoms with E-state index < -0.39 is 0 Å². The minimum atomic E-state index is 0. The fourth-order valence-corrected chi connectivity index (χ4v) is 3.53. The summed E-state index contributed by atoms with van der Waals surface area (Å²) in [5.41, 5.74) is 0. The topological polar surface area (TPSA) is 73.4 Å². The van der Waals surface area contributed by atoms with Crippen LogP contribution in [0.15, 0.2) is 11.5 Å². The average Bonchev–Trinajstić information content (AvgIpc) is 3.12. The van der Waals surface area contributed by atoms with Gasteiger partial charge in [-0.25, -0.2) is 0 Å². The Hall–Kier alpha value is -1.12. The van der Waals surface area contributed by atoms with E-state index >= 15 is 0 Å². The summed E-state index contributed by atoms with van der Waals surface area (Å²) in [7, 11) is 2.05. The Morgan fingerprint density at radius 3 is 2.95 bits per heavy atom. The van der Waals surface area contributed by atoms with E-state index in [1.165, 1.54) is 12.8 Å². The molecule has 122 valence electrons. The van der Waals surface area contributed by atoms with Crippen LogP contribution in [0.25, 0.3) is 0 Å². The molecule has 0 saturated carbocycles. The van der Waals surface area contributed by atoms with E-state index in [-0.39, 0.29) is 12.4 Å². The fourth-order valence-electron chi connectivity index (χ4n) is 2.66. The molecule has 9 heteroatoms. The molecule has 0 amide bonds. The van der Waals surface area contributed by atoms with Crippen molar-refractivity contribution >= 4 is 24.2 Å². The summed E-state index contributed by atoms with van der Waals surface area (Å²) in [4.78, 5) is 0. The van der Waals surface area contributed by atoms with E-state index in [0.717, 1.165) is 42.2 Å². The third-order valence-electron chi connectivity index (χ3n) is 3.90. The summed E-state index contributed by atoms with van der Waals surface area (Å²) in [6, 6.07) is 0. The largest absolute Gasteiger partial charge is 0.317 e. The van der Waals surface area contributed by atoms with E-state index in [2.05, 4.69) is 48.8 Å². The first-order valence-electron chi connectivity index (χ1n) is 7.39. The molecule has 1 atom stereocenters. The average molecular weight is 344 g/mol. The summed E-state index contributed by atoms with van der Waals surface area (Å²) in [5.74, 6) is 3.31. The number of piperidine rings is 1. The molecular formula is C13H22ClN7S. The number of hydrogen-bond acceptors (Lipinski definition) is 6. The van der Waals surface area contributed by atoms with E-state index in [1.807, 2.05) is 0 Å². The van der Waals surface area contributed by atoms with Crippen molar-refractivity contribution in [2.45, 2.75) is 43.1 Å². The molecule has 2 aromatic heterocycles. The Balaban J connectivity index is 0.00000176. The van der Waals surface area contributed by atoms with Crippen LogP contribution < -0.4 is 5.32 Å². The molecule has 2 aromatic rings. The van der Waals surface area contributed by atoms with Crippen LogP contribution in [0.2, 0.25) is 0 Å². The lowest BCUT2D eigenvalue weighted by molar-refractivity contribution is 0.436. The maximum absolute atomic E-state index is 4.39. The van der Waals surface area contributed by atoms with Gasteiger partial charge in [0.05, 0.1) is 5.75 Å². The number of hydrogen-bond donors (Lipinski definition) is 1. The van der Waals surface area contributed by atoms with Gasteiger partial charge in [0.1, 0.15) is 18.0 Å². The van der Waals surface area contributed by atoms with Crippen molar-refractivity contribution in [1.82, 2.24) is 34.8 Å². The second-order valence-corrected chi connectivity index (χ2v) is 6.21. The molecule has 0 aliphatic carbocycles. The van der Waals surface area contributed by atoms with Gasteiger partial charge in [-0.15, -0.1) is 32.8 Å². The molecule has 1 N–H and O–H groups in total. The van der Waals surface area contributed by atoms with Crippen molar-refractivity contribution in [2.24, 2.45) is 7.05 Å². The van der Waals surface area contributed by atoms with Crippen LogP contribution in [0.4, 0.5) is 0 Å². The third kappa shape index (κ3) is 3.61. The van der Waals surface area contributed by atoms with E-state index in [0.29, 0.717) is 5.92 Å². The van der Waals surface area contributed by atoms with E-state index in [1.54, 1.807) is 18.1 Å². The zero-order valence-corrected chi connectivity index (χ0v) is 14.5.